The molecule has 4 aliphatic rings. The average molecular weight is 483 g/mol. The van der Waals surface area contributed by atoms with Gasteiger partial charge in [-0.15, -0.1) is 6.58 Å². The summed E-state index contributed by atoms with van der Waals surface area (Å²) < 4.78 is 11.4. The fourth-order valence-electron chi connectivity index (χ4n) is 7.43. The van der Waals surface area contributed by atoms with Gasteiger partial charge in [0.1, 0.15) is 24.4 Å². The molecule has 8 heteroatoms. The van der Waals surface area contributed by atoms with E-state index in [9.17, 15) is 30.6 Å². The van der Waals surface area contributed by atoms with E-state index < -0.39 is 54.9 Å². The van der Waals surface area contributed by atoms with E-state index >= 15 is 0 Å². The van der Waals surface area contributed by atoms with Crippen LogP contribution in [0.5, 0.6) is 0 Å². The number of allylic oxidation sites excluding steroid dienone is 3. The van der Waals surface area contributed by atoms with Crippen LogP contribution in [0, 0.1) is 28.1 Å². The van der Waals surface area contributed by atoms with Gasteiger partial charge in [0.05, 0.1) is 25.4 Å². The molecule has 8 nitrogen and oxygen atoms in total. The summed E-state index contributed by atoms with van der Waals surface area (Å²) >= 11 is 0. The van der Waals surface area contributed by atoms with Gasteiger partial charge in [0.2, 0.25) is 0 Å². The third kappa shape index (κ3) is 4.10. The number of aliphatic hydroxyl groups excluding tert-OH is 6. The van der Waals surface area contributed by atoms with E-state index in [1.54, 1.807) is 0 Å². The van der Waals surface area contributed by atoms with Crippen LogP contribution in [0.15, 0.2) is 24.3 Å². The zero-order valence-electron chi connectivity index (χ0n) is 20.5. The first-order valence-electron chi connectivity index (χ1n) is 12.5. The minimum atomic E-state index is -1.53. The van der Waals surface area contributed by atoms with Gasteiger partial charge >= 0.3 is 0 Å². The van der Waals surface area contributed by atoms with Crippen LogP contribution in [0.1, 0.15) is 52.9 Å². The Labute approximate surface area is 201 Å². The van der Waals surface area contributed by atoms with Crippen LogP contribution in [-0.2, 0) is 9.47 Å². The van der Waals surface area contributed by atoms with Crippen molar-refractivity contribution < 1.29 is 40.1 Å². The molecule has 0 bridgehead atoms. The molecule has 194 valence electrons. The highest BCUT2D eigenvalue weighted by Crippen LogP contribution is 2.63. The Morgan fingerprint density at radius 2 is 1.82 bits per heavy atom. The molecule has 3 aliphatic carbocycles. The summed E-state index contributed by atoms with van der Waals surface area (Å²) in [4.78, 5) is 0. The SMILES string of the molecule is C=C[C@]1(C)CC[C@@H]2C(=CC[C@@H]3[C@]2(C)C[C@H](O)[C@H](O)[C@@]3(C)CO[C@H]2O[C@@H](CO)[C@@H](O)[C@@H](O)[C@H]2O)C1. The van der Waals surface area contributed by atoms with Crippen molar-refractivity contribution in [3.8, 4) is 0 Å². The van der Waals surface area contributed by atoms with Crippen molar-refractivity contribution in [1.29, 1.82) is 0 Å². The van der Waals surface area contributed by atoms with Gasteiger partial charge in [0.25, 0.3) is 0 Å². The van der Waals surface area contributed by atoms with Crippen molar-refractivity contribution in [3.63, 3.8) is 0 Å². The van der Waals surface area contributed by atoms with Crippen LogP contribution in [0.4, 0.5) is 0 Å². The molecule has 3 fully saturated rings. The fraction of sp³-hybridized carbons (Fsp3) is 0.846. The van der Waals surface area contributed by atoms with Crippen LogP contribution >= 0.6 is 0 Å². The summed E-state index contributed by atoms with van der Waals surface area (Å²) in [5, 5.41) is 62.1. The number of ether oxygens (including phenoxy) is 2. The molecular formula is C26H42O8. The predicted octanol–water partition coefficient (Wildman–Crippen LogP) is 0.880. The maximum Gasteiger partial charge on any atom is 0.186 e. The predicted molar refractivity (Wildman–Crippen MR) is 124 cm³/mol. The zero-order valence-corrected chi connectivity index (χ0v) is 20.5. The van der Waals surface area contributed by atoms with Crippen LogP contribution in [0.25, 0.3) is 0 Å². The number of aliphatic hydroxyl groups is 6. The molecular weight excluding hydrogens is 440 g/mol. The molecule has 0 spiro atoms. The quantitative estimate of drug-likeness (QED) is 0.318. The van der Waals surface area contributed by atoms with E-state index in [0.717, 1.165) is 25.7 Å². The van der Waals surface area contributed by atoms with Crippen molar-refractivity contribution in [2.75, 3.05) is 13.2 Å². The molecule has 6 N–H and O–H groups in total. The topological polar surface area (TPSA) is 140 Å². The van der Waals surface area contributed by atoms with E-state index in [0.29, 0.717) is 12.3 Å². The van der Waals surface area contributed by atoms with Gasteiger partial charge in [-0.2, -0.15) is 0 Å². The van der Waals surface area contributed by atoms with Gasteiger partial charge in [-0.05, 0) is 54.8 Å². The Hall–Kier alpha value is -0.840. The minimum Gasteiger partial charge on any atom is -0.394 e. The summed E-state index contributed by atoms with van der Waals surface area (Å²) in [6.45, 7) is 9.84. The van der Waals surface area contributed by atoms with Crippen molar-refractivity contribution in [2.45, 2.75) is 95.8 Å². The Bertz CT molecular complexity index is 800. The van der Waals surface area contributed by atoms with Crippen LogP contribution in [-0.4, -0.2) is 86.8 Å². The first-order chi connectivity index (χ1) is 15.9. The smallest absolute Gasteiger partial charge is 0.186 e. The maximum absolute atomic E-state index is 11.2. The largest absolute Gasteiger partial charge is 0.394 e. The molecule has 0 unspecified atom stereocenters. The Balaban J connectivity index is 1.58. The second-order valence-electron chi connectivity index (χ2n) is 11.9. The second kappa shape index (κ2) is 9.23. The minimum absolute atomic E-state index is 0.0186. The molecule has 0 aromatic carbocycles. The molecule has 4 rings (SSSR count). The fourth-order valence-corrected chi connectivity index (χ4v) is 7.43. The number of fused-ring (bicyclic) bond motifs is 3. The zero-order chi connectivity index (χ0) is 25.1. The number of hydrogen-bond acceptors (Lipinski definition) is 8. The van der Waals surface area contributed by atoms with E-state index in [1.165, 1.54) is 5.57 Å². The number of hydrogen-bond donors (Lipinski definition) is 6. The van der Waals surface area contributed by atoms with Crippen molar-refractivity contribution >= 4 is 0 Å². The van der Waals surface area contributed by atoms with Gasteiger partial charge in [-0.1, -0.05) is 38.5 Å². The summed E-state index contributed by atoms with van der Waals surface area (Å²) in [5.74, 6) is 0.318. The highest BCUT2D eigenvalue weighted by atomic mass is 16.7. The van der Waals surface area contributed by atoms with Gasteiger partial charge in [0.15, 0.2) is 6.29 Å². The Morgan fingerprint density at radius 1 is 1.12 bits per heavy atom. The van der Waals surface area contributed by atoms with Gasteiger partial charge in [-0.25, -0.2) is 0 Å². The molecule has 1 heterocycles. The molecule has 12 atom stereocenters. The van der Waals surface area contributed by atoms with Gasteiger partial charge < -0.3 is 40.1 Å². The van der Waals surface area contributed by atoms with Gasteiger partial charge in [-0.3, -0.25) is 0 Å². The second-order valence-corrected chi connectivity index (χ2v) is 11.9. The van der Waals surface area contributed by atoms with Crippen LogP contribution < -0.4 is 0 Å². The normalized spacial score (nSPS) is 53.4. The summed E-state index contributed by atoms with van der Waals surface area (Å²) in [5.41, 5.74) is 0.409. The third-order valence-corrected chi connectivity index (χ3v) is 9.65. The molecule has 2 saturated carbocycles. The first-order valence-corrected chi connectivity index (χ1v) is 12.5. The Kier molecular flexibility index (Phi) is 7.12. The lowest BCUT2D eigenvalue weighted by atomic mass is 9.44. The molecule has 1 aliphatic heterocycles. The van der Waals surface area contributed by atoms with Crippen molar-refractivity contribution in [2.24, 2.45) is 28.1 Å². The van der Waals surface area contributed by atoms with Crippen LogP contribution in [0.3, 0.4) is 0 Å². The molecule has 0 aromatic rings. The van der Waals surface area contributed by atoms with Crippen molar-refractivity contribution in [1.82, 2.24) is 0 Å². The molecule has 0 aromatic heterocycles. The van der Waals surface area contributed by atoms with E-state index in [4.69, 9.17) is 9.47 Å². The summed E-state index contributed by atoms with van der Waals surface area (Å²) in [6.07, 6.45) is -0.221. The summed E-state index contributed by atoms with van der Waals surface area (Å²) in [6, 6.07) is 0. The number of rotatable bonds is 5. The highest BCUT2D eigenvalue weighted by Gasteiger charge is 2.61. The monoisotopic (exact) mass is 482 g/mol. The van der Waals surface area contributed by atoms with Crippen LogP contribution in [0.2, 0.25) is 0 Å². The first kappa shape index (κ1) is 26.2. The average Bonchev–Trinajstić information content (AvgIpc) is 2.80. The Morgan fingerprint density at radius 3 is 2.47 bits per heavy atom. The molecule has 0 amide bonds. The molecule has 0 radical (unpaired) electrons. The van der Waals surface area contributed by atoms with E-state index in [-0.39, 0.29) is 23.4 Å². The third-order valence-electron chi connectivity index (χ3n) is 9.65. The van der Waals surface area contributed by atoms with E-state index in [1.807, 2.05) is 6.92 Å². The lowest BCUT2D eigenvalue weighted by molar-refractivity contribution is -0.315. The summed E-state index contributed by atoms with van der Waals surface area (Å²) in [7, 11) is 0. The highest BCUT2D eigenvalue weighted by molar-refractivity contribution is 5.26. The van der Waals surface area contributed by atoms with E-state index in [2.05, 4.69) is 32.6 Å². The van der Waals surface area contributed by atoms with Gasteiger partial charge in [0, 0.05) is 5.41 Å². The molecule has 1 saturated heterocycles. The lowest BCUT2D eigenvalue weighted by Crippen LogP contribution is -2.64. The lowest BCUT2D eigenvalue weighted by Gasteiger charge is -2.62. The molecule has 34 heavy (non-hydrogen) atoms. The maximum atomic E-state index is 11.2. The standard InChI is InChI=1S/C26H42O8/c1-5-24(2)9-8-15-14(10-24)6-7-18-25(15,3)11-16(28)22(32)26(18,4)13-33-23-21(31)20(30)19(29)17(12-27)34-23/h5-6,15-23,27-32H,1,7-13H2,2-4H3/t15-,16+,17+,18-,19-,20-,21-,22+,23+,24-,25-,26+/m1/s1. The van der Waals surface area contributed by atoms with Crippen molar-refractivity contribution in [3.05, 3.63) is 24.3 Å².